The largest absolute Gasteiger partial charge is 0.457 e. The van der Waals surface area contributed by atoms with Gasteiger partial charge in [0.15, 0.2) is 0 Å². The number of rotatable bonds is 3. The summed E-state index contributed by atoms with van der Waals surface area (Å²) in [5, 5.41) is 5.79. The van der Waals surface area contributed by atoms with Gasteiger partial charge in [0.2, 0.25) is 5.95 Å². The van der Waals surface area contributed by atoms with Crippen LogP contribution in [-0.4, -0.2) is 12.1 Å². The van der Waals surface area contributed by atoms with E-state index >= 15 is 0 Å². The Morgan fingerprint density at radius 3 is 2.06 bits per heavy atom. The highest BCUT2D eigenvalue weighted by Crippen LogP contribution is 2.37. The van der Waals surface area contributed by atoms with Crippen molar-refractivity contribution in [1.29, 1.82) is 0 Å². The van der Waals surface area contributed by atoms with Crippen LogP contribution in [0, 0.1) is 0 Å². The first-order valence-corrected chi connectivity index (χ1v) is 4.52. The van der Waals surface area contributed by atoms with Crippen LogP contribution in [0.1, 0.15) is 0 Å². The molecule has 0 radical (unpaired) electrons. The van der Waals surface area contributed by atoms with E-state index < -0.39 is 24.1 Å². The molecule has 0 aliphatic rings. The molecule has 2 nitrogen and oxygen atoms in total. The number of hydrogen-bond donors (Lipinski definition) is 0. The smallest absolute Gasteiger partial charge is 0.191 e. The molecule has 8 heteroatoms. The predicted octanol–water partition coefficient (Wildman–Crippen LogP) is 4.78. The lowest BCUT2D eigenvalue weighted by Gasteiger charge is -2.14. The summed E-state index contributed by atoms with van der Waals surface area (Å²) >= 11 is 0. The van der Waals surface area contributed by atoms with Crippen LogP contribution in [0.25, 0.3) is 0 Å². The van der Waals surface area contributed by atoms with Crippen LogP contribution in [-0.2, 0) is 0 Å². The maximum Gasteiger partial charge on any atom is 0.457 e. The highest BCUT2D eigenvalue weighted by atomic mass is 19.4. The Labute approximate surface area is 97.6 Å². The molecule has 0 aliphatic carbocycles. The van der Waals surface area contributed by atoms with E-state index in [4.69, 9.17) is 0 Å². The number of azo groups is 1. The van der Waals surface area contributed by atoms with Gasteiger partial charge in [-0.15, -0.1) is 10.2 Å². The van der Waals surface area contributed by atoms with Crippen molar-refractivity contribution in [3.05, 3.63) is 42.4 Å². The highest BCUT2D eigenvalue weighted by Gasteiger charge is 2.56. The van der Waals surface area contributed by atoms with Crippen molar-refractivity contribution in [2.45, 2.75) is 12.1 Å². The predicted molar refractivity (Wildman–Crippen MR) is 51.2 cm³/mol. The van der Waals surface area contributed by atoms with Crippen molar-refractivity contribution in [1.82, 2.24) is 0 Å². The molecule has 0 saturated heterocycles. The Bertz CT molecular complexity index is 449. The van der Waals surface area contributed by atoms with Crippen LogP contribution < -0.4 is 0 Å². The van der Waals surface area contributed by atoms with Crippen molar-refractivity contribution < 1.29 is 26.3 Å². The highest BCUT2D eigenvalue weighted by molar-refractivity contribution is 5.34. The molecule has 18 heavy (non-hydrogen) atoms. The van der Waals surface area contributed by atoms with Gasteiger partial charge < -0.3 is 0 Å². The van der Waals surface area contributed by atoms with E-state index in [0.717, 1.165) is 0 Å². The Morgan fingerprint density at radius 2 is 1.56 bits per heavy atom. The van der Waals surface area contributed by atoms with E-state index in [2.05, 4.69) is 10.2 Å². The molecule has 98 valence electrons. The van der Waals surface area contributed by atoms with Crippen LogP contribution in [0.15, 0.2) is 52.6 Å². The van der Waals surface area contributed by atoms with E-state index in [1.807, 2.05) is 0 Å². The molecule has 0 bridgehead atoms. The summed E-state index contributed by atoms with van der Waals surface area (Å²) in [6.07, 6.45) is -6.80. The Morgan fingerprint density at radius 1 is 1.00 bits per heavy atom. The third-order valence-electron chi connectivity index (χ3n) is 1.70. The number of allylic oxidation sites excluding steroid dienone is 1. The van der Waals surface area contributed by atoms with Gasteiger partial charge in [0, 0.05) is 0 Å². The summed E-state index contributed by atoms with van der Waals surface area (Å²) < 4.78 is 72.6. The second-order valence-corrected chi connectivity index (χ2v) is 3.12. The molecule has 0 fully saturated rings. The SMILES string of the molecule is FC(=CC(F)(F)C(F)(F)F)N=Nc1ccccc1. The number of hydrogen-bond acceptors (Lipinski definition) is 2. The maximum absolute atomic E-state index is 12.7. The summed E-state index contributed by atoms with van der Waals surface area (Å²) in [7, 11) is 0. The van der Waals surface area contributed by atoms with Gasteiger partial charge in [-0.3, -0.25) is 0 Å². The second-order valence-electron chi connectivity index (χ2n) is 3.12. The van der Waals surface area contributed by atoms with Gasteiger partial charge in [-0.25, -0.2) is 0 Å². The summed E-state index contributed by atoms with van der Waals surface area (Å²) in [4.78, 5) is 0. The van der Waals surface area contributed by atoms with Gasteiger partial charge in [0.05, 0.1) is 11.8 Å². The van der Waals surface area contributed by atoms with Gasteiger partial charge in [0.1, 0.15) is 0 Å². The molecular formula is C10H6F6N2. The van der Waals surface area contributed by atoms with Crippen LogP contribution in [0.4, 0.5) is 32.0 Å². The average molecular weight is 268 g/mol. The Kier molecular flexibility index (Phi) is 4.10. The molecule has 1 aromatic rings. The zero-order valence-electron chi connectivity index (χ0n) is 8.63. The van der Waals surface area contributed by atoms with E-state index in [0.29, 0.717) is 0 Å². The minimum atomic E-state index is -5.87. The van der Waals surface area contributed by atoms with Crippen LogP contribution in [0.3, 0.4) is 0 Å². The summed E-state index contributed by atoms with van der Waals surface area (Å²) in [5.41, 5.74) is 0.122. The summed E-state index contributed by atoms with van der Waals surface area (Å²) in [5.74, 6) is -7.30. The van der Waals surface area contributed by atoms with E-state index in [1.165, 1.54) is 24.3 Å². The van der Waals surface area contributed by atoms with Crippen molar-refractivity contribution in [3.63, 3.8) is 0 Å². The molecule has 1 rings (SSSR count). The van der Waals surface area contributed by atoms with Crippen LogP contribution >= 0.6 is 0 Å². The lowest BCUT2D eigenvalue weighted by molar-refractivity contribution is -0.259. The Hall–Kier alpha value is -1.86. The minimum Gasteiger partial charge on any atom is -0.191 e. The van der Waals surface area contributed by atoms with Gasteiger partial charge in [0.25, 0.3) is 0 Å². The first-order valence-electron chi connectivity index (χ1n) is 4.52. The zero-order chi connectivity index (χ0) is 13.8. The lowest BCUT2D eigenvalue weighted by atomic mass is 10.3. The fourth-order valence-corrected chi connectivity index (χ4v) is 0.860. The molecule has 0 atom stereocenters. The van der Waals surface area contributed by atoms with E-state index in [-0.39, 0.29) is 5.69 Å². The van der Waals surface area contributed by atoms with Crippen molar-refractivity contribution in [2.75, 3.05) is 0 Å². The maximum atomic E-state index is 12.7. The normalized spacial score (nSPS) is 14.2. The van der Waals surface area contributed by atoms with Crippen molar-refractivity contribution in [2.24, 2.45) is 10.2 Å². The van der Waals surface area contributed by atoms with E-state index in [1.54, 1.807) is 6.07 Å². The van der Waals surface area contributed by atoms with Crippen LogP contribution in [0.2, 0.25) is 0 Å². The number of benzene rings is 1. The molecule has 0 heterocycles. The third-order valence-corrected chi connectivity index (χ3v) is 1.70. The fourth-order valence-electron chi connectivity index (χ4n) is 0.860. The standard InChI is InChI=1S/C10H6F6N2/c11-8(6-9(12,13)10(14,15)16)18-17-7-4-2-1-3-5-7/h1-6H. The molecule has 0 amide bonds. The van der Waals surface area contributed by atoms with Crippen LogP contribution in [0.5, 0.6) is 0 Å². The fraction of sp³-hybridized carbons (Fsp3) is 0.200. The lowest BCUT2D eigenvalue weighted by Crippen LogP contribution is -2.34. The summed E-state index contributed by atoms with van der Waals surface area (Å²) in [6.45, 7) is 0. The number of alkyl halides is 5. The molecular weight excluding hydrogens is 262 g/mol. The summed E-state index contributed by atoms with van der Waals surface area (Å²) in [6, 6.07) is 7.39. The monoisotopic (exact) mass is 268 g/mol. The molecule has 1 aromatic carbocycles. The molecule has 0 spiro atoms. The molecule has 0 saturated carbocycles. The number of nitrogens with zero attached hydrogens (tertiary/aromatic N) is 2. The average Bonchev–Trinajstić information content (AvgIpc) is 2.26. The molecule has 0 aromatic heterocycles. The van der Waals surface area contributed by atoms with Gasteiger partial charge in [-0.2, -0.15) is 26.3 Å². The van der Waals surface area contributed by atoms with Crippen molar-refractivity contribution >= 4 is 5.69 Å². The van der Waals surface area contributed by atoms with Gasteiger partial charge in [-0.1, -0.05) is 18.2 Å². The van der Waals surface area contributed by atoms with E-state index in [9.17, 15) is 26.3 Å². The molecule has 0 unspecified atom stereocenters. The quantitative estimate of drug-likeness (QED) is 0.428. The first-order chi connectivity index (χ1) is 8.22. The zero-order valence-corrected chi connectivity index (χ0v) is 8.63. The first kappa shape index (κ1) is 14.2. The third kappa shape index (κ3) is 3.86. The second kappa shape index (κ2) is 5.19. The van der Waals surface area contributed by atoms with Gasteiger partial charge >= 0.3 is 12.1 Å². The number of halogens is 6. The topological polar surface area (TPSA) is 24.7 Å². The molecule has 0 aliphatic heterocycles. The molecule has 0 N–H and O–H groups in total. The van der Waals surface area contributed by atoms with Crippen molar-refractivity contribution in [3.8, 4) is 0 Å². The Balaban J connectivity index is 2.83. The van der Waals surface area contributed by atoms with Gasteiger partial charge in [-0.05, 0) is 12.1 Å². The minimum absolute atomic E-state index is 0.122.